The maximum Gasteiger partial charge on any atom is 0.0761 e. The van der Waals surface area contributed by atoms with Gasteiger partial charge in [-0.1, -0.05) is 29.8 Å². The second-order valence-corrected chi connectivity index (χ2v) is 4.66. The fourth-order valence-electron chi connectivity index (χ4n) is 2.31. The summed E-state index contributed by atoms with van der Waals surface area (Å²) in [7, 11) is 0. The van der Waals surface area contributed by atoms with Crippen molar-refractivity contribution in [3.8, 4) is 0 Å². The van der Waals surface area contributed by atoms with E-state index in [2.05, 4.69) is 43.4 Å². The SMILES string of the molecule is Cc1cccc(C2(C)NCCCC2O)c1.Cl. The van der Waals surface area contributed by atoms with Crippen molar-refractivity contribution in [2.24, 2.45) is 0 Å². The first-order valence-electron chi connectivity index (χ1n) is 5.63. The second kappa shape index (κ2) is 5.17. The van der Waals surface area contributed by atoms with Crippen LogP contribution in [0.15, 0.2) is 24.3 Å². The molecule has 1 aliphatic rings. The normalized spacial score (nSPS) is 29.6. The van der Waals surface area contributed by atoms with Crippen LogP contribution in [0.25, 0.3) is 0 Å². The maximum absolute atomic E-state index is 10.1. The van der Waals surface area contributed by atoms with Gasteiger partial charge >= 0.3 is 0 Å². The van der Waals surface area contributed by atoms with E-state index < -0.39 is 0 Å². The highest BCUT2D eigenvalue weighted by molar-refractivity contribution is 5.85. The van der Waals surface area contributed by atoms with E-state index >= 15 is 0 Å². The second-order valence-electron chi connectivity index (χ2n) is 4.66. The summed E-state index contributed by atoms with van der Waals surface area (Å²) in [6.45, 7) is 5.16. The Morgan fingerprint density at radius 1 is 1.44 bits per heavy atom. The van der Waals surface area contributed by atoms with Gasteiger partial charge in [0.05, 0.1) is 11.6 Å². The van der Waals surface area contributed by atoms with E-state index in [9.17, 15) is 5.11 Å². The molecule has 1 aromatic carbocycles. The molecule has 0 amide bonds. The predicted molar refractivity (Wildman–Crippen MR) is 69.0 cm³/mol. The Morgan fingerprint density at radius 3 is 2.81 bits per heavy atom. The average molecular weight is 242 g/mol. The van der Waals surface area contributed by atoms with Crippen LogP contribution in [0, 0.1) is 6.92 Å². The minimum absolute atomic E-state index is 0. The number of benzene rings is 1. The summed E-state index contributed by atoms with van der Waals surface area (Å²) in [5, 5.41) is 13.5. The maximum atomic E-state index is 10.1. The molecule has 0 radical (unpaired) electrons. The van der Waals surface area contributed by atoms with Gasteiger partial charge in [-0.05, 0) is 38.8 Å². The molecule has 16 heavy (non-hydrogen) atoms. The Balaban J connectivity index is 0.00000128. The number of hydrogen-bond acceptors (Lipinski definition) is 2. The van der Waals surface area contributed by atoms with Crippen LogP contribution in [0.2, 0.25) is 0 Å². The lowest BCUT2D eigenvalue weighted by Crippen LogP contribution is -2.53. The standard InChI is InChI=1S/C13H19NO.ClH/c1-10-5-3-6-11(9-10)13(2)12(15)7-4-8-14-13;/h3,5-6,9,12,14-15H,4,7-8H2,1-2H3;1H. The van der Waals surface area contributed by atoms with Gasteiger partial charge in [0.2, 0.25) is 0 Å². The molecule has 3 heteroatoms. The van der Waals surface area contributed by atoms with Gasteiger partial charge in [0.25, 0.3) is 0 Å². The quantitative estimate of drug-likeness (QED) is 0.791. The van der Waals surface area contributed by atoms with Crippen LogP contribution >= 0.6 is 12.4 Å². The highest BCUT2D eigenvalue weighted by Crippen LogP contribution is 2.30. The summed E-state index contributed by atoms with van der Waals surface area (Å²) in [6.07, 6.45) is 1.66. The van der Waals surface area contributed by atoms with Crippen molar-refractivity contribution < 1.29 is 5.11 Å². The largest absolute Gasteiger partial charge is 0.391 e. The summed E-state index contributed by atoms with van der Waals surface area (Å²) in [5.74, 6) is 0. The van der Waals surface area contributed by atoms with Gasteiger partial charge in [-0.3, -0.25) is 0 Å². The van der Waals surface area contributed by atoms with Gasteiger partial charge in [0.1, 0.15) is 0 Å². The molecular weight excluding hydrogens is 222 g/mol. The number of halogens is 1. The third kappa shape index (κ3) is 2.40. The first kappa shape index (κ1) is 13.5. The Bertz CT molecular complexity index is 356. The number of aryl methyl sites for hydroxylation is 1. The zero-order valence-electron chi connectivity index (χ0n) is 9.86. The lowest BCUT2D eigenvalue weighted by atomic mass is 9.81. The molecular formula is C13H20ClNO. The number of aliphatic hydroxyl groups excluding tert-OH is 1. The third-order valence-electron chi connectivity index (χ3n) is 3.43. The molecule has 0 bridgehead atoms. The first-order valence-corrected chi connectivity index (χ1v) is 5.63. The summed E-state index contributed by atoms with van der Waals surface area (Å²) >= 11 is 0. The van der Waals surface area contributed by atoms with E-state index in [1.807, 2.05) is 0 Å². The minimum Gasteiger partial charge on any atom is -0.391 e. The monoisotopic (exact) mass is 241 g/mol. The van der Waals surface area contributed by atoms with Crippen LogP contribution < -0.4 is 5.32 Å². The van der Waals surface area contributed by atoms with Crippen LogP contribution in [0.1, 0.15) is 30.9 Å². The van der Waals surface area contributed by atoms with E-state index in [4.69, 9.17) is 0 Å². The summed E-state index contributed by atoms with van der Waals surface area (Å²) in [5.41, 5.74) is 2.16. The molecule has 0 aromatic heterocycles. The first-order chi connectivity index (χ1) is 7.13. The van der Waals surface area contributed by atoms with Crippen molar-refractivity contribution >= 4 is 12.4 Å². The molecule has 0 aliphatic carbocycles. The van der Waals surface area contributed by atoms with Crippen molar-refractivity contribution in [2.75, 3.05) is 6.54 Å². The van der Waals surface area contributed by atoms with Gasteiger partial charge in [0.15, 0.2) is 0 Å². The highest BCUT2D eigenvalue weighted by Gasteiger charge is 2.36. The third-order valence-corrected chi connectivity index (χ3v) is 3.43. The molecule has 2 N–H and O–H groups in total. The van der Waals surface area contributed by atoms with E-state index in [-0.39, 0.29) is 24.0 Å². The van der Waals surface area contributed by atoms with Crippen LogP contribution in [0.5, 0.6) is 0 Å². The number of nitrogens with one attached hydrogen (secondary N) is 1. The molecule has 2 unspecified atom stereocenters. The van der Waals surface area contributed by atoms with Gasteiger partial charge in [-0.15, -0.1) is 12.4 Å². The van der Waals surface area contributed by atoms with E-state index in [1.54, 1.807) is 0 Å². The van der Waals surface area contributed by atoms with E-state index in [0.717, 1.165) is 19.4 Å². The number of piperidine rings is 1. The fourth-order valence-corrected chi connectivity index (χ4v) is 2.31. The average Bonchev–Trinajstić information content (AvgIpc) is 2.23. The molecule has 1 aliphatic heterocycles. The molecule has 1 heterocycles. The summed E-state index contributed by atoms with van der Waals surface area (Å²) in [6, 6.07) is 8.39. The molecule has 1 aromatic rings. The topological polar surface area (TPSA) is 32.3 Å². The predicted octanol–water partition coefficient (Wildman–Crippen LogP) is 2.38. The molecule has 1 saturated heterocycles. The van der Waals surface area contributed by atoms with Crippen molar-refractivity contribution in [1.82, 2.24) is 5.32 Å². The highest BCUT2D eigenvalue weighted by atomic mass is 35.5. The molecule has 2 nitrogen and oxygen atoms in total. The molecule has 2 atom stereocenters. The van der Waals surface area contributed by atoms with Crippen molar-refractivity contribution in [1.29, 1.82) is 0 Å². The Morgan fingerprint density at radius 2 is 2.19 bits per heavy atom. The summed E-state index contributed by atoms with van der Waals surface area (Å²) < 4.78 is 0. The molecule has 90 valence electrons. The van der Waals surface area contributed by atoms with E-state index in [1.165, 1.54) is 11.1 Å². The Kier molecular flexibility index (Phi) is 4.36. The lowest BCUT2D eigenvalue weighted by Gasteiger charge is -2.40. The van der Waals surface area contributed by atoms with Crippen LogP contribution in [-0.2, 0) is 5.54 Å². The molecule has 1 fully saturated rings. The van der Waals surface area contributed by atoms with Gasteiger partial charge < -0.3 is 10.4 Å². The summed E-state index contributed by atoms with van der Waals surface area (Å²) in [4.78, 5) is 0. The number of rotatable bonds is 1. The van der Waals surface area contributed by atoms with Crippen LogP contribution in [0.3, 0.4) is 0 Å². The number of hydrogen-bond donors (Lipinski definition) is 2. The van der Waals surface area contributed by atoms with Crippen molar-refractivity contribution in [3.63, 3.8) is 0 Å². The van der Waals surface area contributed by atoms with Crippen LogP contribution in [0.4, 0.5) is 0 Å². The molecule has 0 spiro atoms. The van der Waals surface area contributed by atoms with Gasteiger partial charge in [-0.2, -0.15) is 0 Å². The Hall–Kier alpha value is -0.570. The van der Waals surface area contributed by atoms with Gasteiger partial charge in [0, 0.05) is 0 Å². The van der Waals surface area contributed by atoms with Crippen LogP contribution in [-0.4, -0.2) is 17.8 Å². The van der Waals surface area contributed by atoms with Crippen molar-refractivity contribution in [3.05, 3.63) is 35.4 Å². The van der Waals surface area contributed by atoms with Gasteiger partial charge in [-0.25, -0.2) is 0 Å². The molecule has 2 rings (SSSR count). The smallest absolute Gasteiger partial charge is 0.0761 e. The Labute approximate surface area is 103 Å². The zero-order chi connectivity index (χ0) is 10.9. The fraction of sp³-hybridized carbons (Fsp3) is 0.538. The van der Waals surface area contributed by atoms with E-state index in [0.29, 0.717) is 0 Å². The number of aliphatic hydroxyl groups is 1. The van der Waals surface area contributed by atoms with Crippen molar-refractivity contribution in [2.45, 2.75) is 38.3 Å². The minimum atomic E-state index is -0.284. The zero-order valence-corrected chi connectivity index (χ0v) is 10.7. The lowest BCUT2D eigenvalue weighted by molar-refractivity contribution is 0.0385. The molecule has 0 saturated carbocycles.